The van der Waals surface area contributed by atoms with E-state index in [0.29, 0.717) is 0 Å². The summed E-state index contributed by atoms with van der Waals surface area (Å²) in [6.07, 6.45) is 1.01. The molecule has 4 nitrogen and oxygen atoms in total. The average molecular weight is 417 g/mol. The van der Waals surface area contributed by atoms with Crippen molar-refractivity contribution in [2.45, 2.75) is 6.42 Å². The molecule has 0 spiro atoms. The van der Waals surface area contributed by atoms with E-state index in [1.807, 2.05) is 28.9 Å². The number of fused-ring (bicyclic) bond motifs is 1. The van der Waals surface area contributed by atoms with Crippen LogP contribution in [0.5, 0.6) is 5.75 Å². The maximum Gasteiger partial charge on any atom is 0.133 e. The van der Waals surface area contributed by atoms with Crippen LogP contribution in [-0.4, -0.2) is 23.4 Å². The normalized spacial score (nSPS) is 12.8. The van der Waals surface area contributed by atoms with E-state index in [2.05, 4.69) is 52.2 Å². The Labute approximate surface area is 148 Å². The van der Waals surface area contributed by atoms with Crippen molar-refractivity contribution in [1.29, 1.82) is 0 Å². The third-order valence-corrected chi connectivity index (χ3v) is 4.80. The first kappa shape index (κ1) is 14.6. The van der Waals surface area contributed by atoms with Gasteiger partial charge in [0.2, 0.25) is 0 Å². The maximum atomic E-state index is 5.24. The van der Waals surface area contributed by atoms with Gasteiger partial charge < -0.3 is 10.1 Å². The van der Waals surface area contributed by atoms with E-state index in [1.54, 1.807) is 7.11 Å². The zero-order valence-electron chi connectivity index (χ0n) is 12.7. The summed E-state index contributed by atoms with van der Waals surface area (Å²) in [5.74, 6) is 1.95. The Morgan fingerprint density at radius 2 is 1.83 bits per heavy atom. The van der Waals surface area contributed by atoms with Crippen molar-refractivity contribution in [3.63, 3.8) is 0 Å². The summed E-state index contributed by atoms with van der Waals surface area (Å²) in [4.78, 5) is 0. The molecule has 0 bridgehead atoms. The zero-order valence-corrected chi connectivity index (χ0v) is 14.9. The monoisotopic (exact) mass is 417 g/mol. The number of rotatable bonds is 3. The minimum atomic E-state index is 0.850. The van der Waals surface area contributed by atoms with Gasteiger partial charge in [0.25, 0.3) is 0 Å². The molecule has 0 saturated heterocycles. The van der Waals surface area contributed by atoms with Crippen LogP contribution < -0.4 is 10.1 Å². The number of anilines is 1. The maximum absolute atomic E-state index is 5.24. The Morgan fingerprint density at radius 3 is 2.52 bits per heavy atom. The fraction of sp³-hybridized carbons (Fsp3) is 0.167. The predicted molar refractivity (Wildman–Crippen MR) is 100 cm³/mol. The number of hydrogen-bond donors (Lipinski definition) is 1. The van der Waals surface area contributed by atoms with Crippen molar-refractivity contribution in [1.82, 2.24) is 9.78 Å². The van der Waals surface area contributed by atoms with Crippen molar-refractivity contribution in [3.8, 4) is 22.7 Å². The molecule has 1 N–H and O–H groups in total. The van der Waals surface area contributed by atoms with Crippen molar-refractivity contribution in [2.75, 3.05) is 19.0 Å². The van der Waals surface area contributed by atoms with Crippen LogP contribution in [0.2, 0.25) is 0 Å². The lowest BCUT2D eigenvalue weighted by Gasteiger charge is -2.07. The van der Waals surface area contributed by atoms with Crippen molar-refractivity contribution in [3.05, 3.63) is 57.7 Å². The van der Waals surface area contributed by atoms with Crippen LogP contribution in [0.3, 0.4) is 0 Å². The molecule has 2 aromatic carbocycles. The lowest BCUT2D eigenvalue weighted by molar-refractivity contribution is 0.414. The number of methoxy groups -OCH3 is 1. The molecular formula is C18H16IN3O. The van der Waals surface area contributed by atoms with Crippen molar-refractivity contribution in [2.24, 2.45) is 0 Å². The van der Waals surface area contributed by atoms with Gasteiger partial charge in [-0.2, -0.15) is 5.10 Å². The highest BCUT2D eigenvalue weighted by molar-refractivity contribution is 14.1. The average Bonchev–Trinajstić information content (AvgIpc) is 3.18. The van der Waals surface area contributed by atoms with E-state index >= 15 is 0 Å². The Morgan fingerprint density at radius 1 is 1.09 bits per heavy atom. The number of aromatic nitrogens is 2. The quantitative estimate of drug-likeness (QED) is 0.652. The largest absolute Gasteiger partial charge is 0.497 e. The van der Waals surface area contributed by atoms with E-state index in [-0.39, 0.29) is 0 Å². The first-order valence-corrected chi connectivity index (χ1v) is 8.60. The fourth-order valence-electron chi connectivity index (χ4n) is 2.92. The summed E-state index contributed by atoms with van der Waals surface area (Å²) in [5.41, 5.74) is 4.56. The van der Waals surface area contributed by atoms with Gasteiger partial charge in [0, 0.05) is 21.2 Å². The van der Waals surface area contributed by atoms with Crippen LogP contribution in [0.4, 0.5) is 5.82 Å². The smallest absolute Gasteiger partial charge is 0.133 e. The Balaban J connectivity index is 1.82. The molecule has 0 fully saturated rings. The Kier molecular flexibility index (Phi) is 3.72. The van der Waals surface area contributed by atoms with Gasteiger partial charge >= 0.3 is 0 Å². The molecule has 1 aromatic heterocycles. The molecule has 1 aliphatic rings. The van der Waals surface area contributed by atoms with E-state index < -0.39 is 0 Å². The van der Waals surface area contributed by atoms with Gasteiger partial charge in [-0.3, -0.25) is 0 Å². The Bertz CT molecular complexity index is 838. The molecule has 3 aromatic rings. The molecule has 0 unspecified atom stereocenters. The van der Waals surface area contributed by atoms with Gasteiger partial charge in [-0.15, -0.1) is 0 Å². The first-order valence-electron chi connectivity index (χ1n) is 7.52. The van der Waals surface area contributed by atoms with Crippen LogP contribution in [-0.2, 0) is 6.42 Å². The van der Waals surface area contributed by atoms with Gasteiger partial charge in [0.1, 0.15) is 11.6 Å². The van der Waals surface area contributed by atoms with Crippen LogP contribution in [0, 0.1) is 3.57 Å². The third kappa shape index (κ3) is 2.59. The second kappa shape index (κ2) is 5.88. The summed E-state index contributed by atoms with van der Waals surface area (Å²) in [6, 6.07) is 16.5. The standard InChI is InChI=1S/C18H16IN3O/c1-23-15-8-6-14(7-9-15)22-18-16(10-11-20-18)17(21-22)12-2-4-13(19)5-3-12/h2-9,20H,10-11H2,1H3. The van der Waals surface area contributed by atoms with Gasteiger partial charge in [-0.25, -0.2) is 4.68 Å². The lowest BCUT2D eigenvalue weighted by Crippen LogP contribution is -2.04. The number of ether oxygens (including phenoxy) is 1. The minimum Gasteiger partial charge on any atom is -0.497 e. The van der Waals surface area contributed by atoms with Gasteiger partial charge in [0.05, 0.1) is 18.5 Å². The number of halogens is 1. The van der Waals surface area contributed by atoms with Gasteiger partial charge in [-0.1, -0.05) is 12.1 Å². The molecule has 0 aliphatic carbocycles. The highest BCUT2D eigenvalue weighted by atomic mass is 127. The third-order valence-electron chi connectivity index (χ3n) is 4.09. The number of nitrogens with one attached hydrogen (secondary N) is 1. The molecule has 0 atom stereocenters. The molecule has 4 rings (SSSR count). The lowest BCUT2D eigenvalue weighted by atomic mass is 10.1. The number of benzene rings is 2. The summed E-state index contributed by atoms with van der Waals surface area (Å²) in [7, 11) is 1.68. The van der Waals surface area contributed by atoms with E-state index in [9.17, 15) is 0 Å². The molecule has 0 radical (unpaired) electrons. The molecule has 0 amide bonds. The van der Waals surface area contributed by atoms with Gasteiger partial charge in [0.15, 0.2) is 0 Å². The van der Waals surface area contributed by atoms with E-state index in [1.165, 1.54) is 9.13 Å². The highest BCUT2D eigenvalue weighted by Crippen LogP contribution is 2.34. The zero-order chi connectivity index (χ0) is 15.8. The summed E-state index contributed by atoms with van der Waals surface area (Å²) in [5, 5.41) is 8.33. The predicted octanol–water partition coefficient (Wildman–Crippen LogP) is 4.12. The summed E-state index contributed by atoms with van der Waals surface area (Å²) in [6.45, 7) is 0.959. The molecular weight excluding hydrogens is 401 g/mol. The molecule has 5 heteroatoms. The minimum absolute atomic E-state index is 0.850. The second-order valence-corrected chi connectivity index (χ2v) is 6.71. The number of nitrogens with zero attached hydrogens (tertiary/aromatic N) is 2. The molecule has 23 heavy (non-hydrogen) atoms. The summed E-state index contributed by atoms with van der Waals surface area (Å²) >= 11 is 2.32. The van der Waals surface area contributed by atoms with Crippen molar-refractivity contribution < 1.29 is 4.74 Å². The van der Waals surface area contributed by atoms with Crippen LogP contribution in [0.1, 0.15) is 5.56 Å². The van der Waals surface area contributed by atoms with E-state index in [4.69, 9.17) is 9.84 Å². The van der Waals surface area contributed by atoms with Crippen LogP contribution >= 0.6 is 22.6 Å². The van der Waals surface area contributed by atoms with Crippen molar-refractivity contribution >= 4 is 28.4 Å². The molecule has 116 valence electrons. The van der Waals surface area contributed by atoms with E-state index in [0.717, 1.165) is 41.5 Å². The Hall–Kier alpha value is -2.02. The molecule has 1 aliphatic heterocycles. The van der Waals surface area contributed by atoms with Gasteiger partial charge in [-0.05, 0) is 65.4 Å². The molecule has 0 saturated carbocycles. The second-order valence-electron chi connectivity index (χ2n) is 5.47. The SMILES string of the molecule is COc1ccc(-n2nc(-c3ccc(I)cc3)c3c2NCC3)cc1. The fourth-order valence-corrected chi connectivity index (χ4v) is 3.28. The van der Waals surface area contributed by atoms with Crippen LogP contribution in [0.15, 0.2) is 48.5 Å². The summed E-state index contributed by atoms with van der Waals surface area (Å²) < 4.78 is 8.46. The first-order chi connectivity index (χ1) is 11.3. The van der Waals surface area contributed by atoms with Crippen LogP contribution in [0.25, 0.3) is 16.9 Å². The topological polar surface area (TPSA) is 39.1 Å². The highest BCUT2D eigenvalue weighted by Gasteiger charge is 2.23. The molecule has 2 heterocycles. The number of hydrogen-bond acceptors (Lipinski definition) is 3.